The number of carboxylic acid groups (broad SMARTS) is 1. The third kappa shape index (κ3) is 1.69. The van der Waals surface area contributed by atoms with E-state index in [1.807, 2.05) is 12.1 Å². The van der Waals surface area contributed by atoms with E-state index in [1.165, 1.54) is 6.42 Å². The van der Waals surface area contributed by atoms with Gasteiger partial charge in [-0.1, -0.05) is 6.07 Å². The van der Waals surface area contributed by atoms with E-state index < -0.39 is 5.97 Å². The molecule has 2 aliphatic rings. The van der Waals surface area contributed by atoms with Crippen molar-refractivity contribution in [3.63, 3.8) is 0 Å². The van der Waals surface area contributed by atoms with Gasteiger partial charge < -0.3 is 15.2 Å². The molecule has 2 N–H and O–H groups in total. The van der Waals surface area contributed by atoms with Gasteiger partial charge in [0.1, 0.15) is 5.75 Å². The van der Waals surface area contributed by atoms with Crippen molar-refractivity contribution in [2.24, 2.45) is 0 Å². The molecule has 0 aliphatic carbocycles. The Labute approximate surface area is 105 Å². The minimum absolute atomic E-state index is 0.178. The van der Waals surface area contributed by atoms with Crippen molar-refractivity contribution in [1.29, 1.82) is 0 Å². The number of rotatable bonds is 1. The lowest BCUT2D eigenvalue weighted by Gasteiger charge is -2.39. The van der Waals surface area contributed by atoms with Crippen molar-refractivity contribution in [1.82, 2.24) is 5.32 Å². The predicted molar refractivity (Wildman–Crippen MR) is 66.7 cm³/mol. The van der Waals surface area contributed by atoms with Crippen molar-refractivity contribution >= 4 is 5.97 Å². The van der Waals surface area contributed by atoms with Gasteiger partial charge in [0.2, 0.25) is 0 Å². The Kier molecular flexibility index (Phi) is 2.59. The average molecular weight is 245 g/mol. The van der Waals surface area contributed by atoms with Crippen LogP contribution in [0.3, 0.4) is 0 Å². The molecule has 4 heteroatoms. The Morgan fingerprint density at radius 2 is 2.28 bits per heavy atom. The number of fused-ring (bicyclic) bond motifs is 2. The number of piperidine rings is 1. The van der Waals surface area contributed by atoms with Gasteiger partial charge in [0, 0.05) is 5.56 Å². The maximum atomic E-state index is 11.0. The summed E-state index contributed by atoms with van der Waals surface area (Å²) in [7, 11) is 0. The zero-order valence-corrected chi connectivity index (χ0v) is 9.98. The molecule has 94 valence electrons. The smallest absolute Gasteiger partial charge is 0.335 e. The molecule has 1 atom stereocenters. The normalized spacial score (nSPS) is 25.6. The van der Waals surface area contributed by atoms with Gasteiger partial charge in [-0.3, -0.25) is 0 Å². The summed E-state index contributed by atoms with van der Waals surface area (Å²) in [5, 5.41) is 12.5. The third-order valence-corrected chi connectivity index (χ3v) is 3.70. The Morgan fingerprint density at radius 3 is 3.00 bits per heavy atom. The predicted octanol–water partition coefficient (Wildman–Crippen LogP) is 2.26. The molecule has 0 aromatic heterocycles. The number of nitrogens with one attached hydrogen (secondary N) is 1. The van der Waals surface area contributed by atoms with Crippen LogP contribution >= 0.6 is 0 Å². The minimum Gasteiger partial charge on any atom is -0.478 e. The van der Waals surface area contributed by atoms with Gasteiger partial charge in [-0.25, -0.2) is 4.79 Å². The lowest BCUT2D eigenvalue weighted by Crippen LogP contribution is -2.45. The molecule has 18 heavy (non-hydrogen) atoms. The van der Waals surface area contributed by atoms with Gasteiger partial charge in [-0.05, 0) is 44.0 Å². The van der Waals surface area contributed by atoms with E-state index in [9.17, 15) is 4.79 Å². The van der Waals surface area contributed by atoms with Crippen LogP contribution in [0, 0.1) is 0 Å². The number of hydrogen-bond donors (Lipinski definition) is 2. The zero-order valence-electron chi connectivity index (χ0n) is 9.98. The van der Waals surface area contributed by atoms with Crippen LogP contribution in [0.4, 0.5) is 0 Å². The molecule has 4 nitrogen and oxygen atoms in total. The highest BCUT2D eigenvalue weighted by molar-refractivity contribution is 5.88. The number of hydrogen-bond acceptors (Lipinski definition) is 3. The summed E-state index contributed by atoms with van der Waals surface area (Å²) in [4.78, 5) is 11.0. The van der Waals surface area contributed by atoms with Gasteiger partial charge in [-0.15, -0.1) is 0 Å². The summed E-state index contributed by atoms with van der Waals surface area (Å²) in [5.41, 5.74) is 1.12. The van der Waals surface area contributed by atoms with E-state index in [1.54, 1.807) is 18.4 Å². The standard InChI is InChI=1S/C14H15NO3/c16-13(17)10-3-4-11-12(9-10)18-8-6-14(11)5-1-2-7-15-14/h3-4,6,8-9,15H,1-2,5,7H2,(H,16,17). The lowest BCUT2D eigenvalue weighted by molar-refractivity contribution is 0.0696. The first kappa shape index (κ1) is 11.3. The van der Waals surface area contributed by atoms with Crippen molar-refractivity contribution in [3.8, 4) is 5.75 Å². The van der Waals surface area contributed by atoms with Crippen molar-refractivity contribution in [2.75, 3.05) is 6.54 Å². The number of carboxylic acids is 1. The second-order valence-corrected chi connectivity index (χ2v) is 4.79. The SMILES string of the molecule is O=C(O)c1ccc2c(c1)OC=CC21CCCCN1. The third-order valence-electron chi connectivity index (χ3n) is 3.70. The molecule has 2 aliphatic heterocycles. The van der Waals surface area contributed by atoms with Crippen LogP contribution in [0.25, 0.3) is 0 Å². The fourth-order valence-electron chi connectivity index (χ4n) is 2.74. The summed E-state index contributed by atoms with van der Waals surface area (Å²) < 4.78 is 5.46. The molecule has 0 radical (unpaired) electrons. The van der Waals surface area contributed by atoms with E-state index in [4.69, 9.17) is 9.84 Å². The molecule has 1 fully saturated rings. The van der Waals surface area contributed by atoms with Crippen LogP contribution in [-0.4, -0.2) is 17.6 Å². The van der Waals surface area contributed by atoms with E-state index in [0.717, 1.165) is 24.9 Å². The van der Waals surface area contributed by atoms with Gasteiger partial charge in [-0.2, -0.15) is 0 Å². The topological polar surface area (TPSA) is 58.6 Å². The van der Waals surface area contributed by atoms with Gasteiger partial charge in [0.25, 0.3) is 0 Å². The summed E-state index contributed by atoms with van der Waals surface area (Å²) in [6, 6.07) is 5.10. The average Bonchev–Trinajstić information content (AvgIpc) is 2.39. The number of aromatic carboxylic acids is 1. The molecule has 1 aromatic rings. The highest BCUT2D eigenvalue weighted by atomic mass is 16.5. The van der Waals surface area contributed by atoms with E-state index in [2.05, 4.69) is 5.32 Å². The van der Waals surface area contributed by atoms with Gasteiger partial charge in [0.15, 0.2) is 0 Å². The maximum Gasteiger partial charge on any atom is 0.335 e. The first-order chi connectivity index (χ1) is 8.71. The van der Waals surface area contributed by atoms with E-state index in [-0.39, 0.29) is 11.1 Å². The first-order valence-electron chi connectivity index (χ1n) is 6.18. The largest absolute Gasteiger partial charge is 0.478 e. The highest BCUT2D eigenvalue weighted by Crippen LogP contribution is 2.40. The van der Waals surface area contributed by atoms with Crippen LogP contribution in [0.15, 0.2) is 30.5 Å². The molecule has 0 bridgehead atoms. The monoisotopic (exact) mass is 245 g/mol. The second-order valence-electron chi connectivity index (χ2n) is 4.79. The molecule has 2 heterocycles. The number of ether oxygens (including phenoxy) is 1. The van der Waals surface area contributed by atoms with Gasteiger partial charge in [0.05, 0.1) is 17.4 Å². The fourth-order valence-corrected chi connectivity index (χ4v) is 2.74. The molecular weight excluding hydrogens is 230 g/mol. The quantitative estimate of drug-likeness (QED) is 0.796. The van der Waals surface area contributed by atoms with Crippen LogP contribution in [0.1, 0.15) is 35.2 Å². The Bertz CT molecular complexity index is 516. The highest BCUT2D eigenvalue weighted by Gasteiger charge is 2.36. The van der Waals surface area contributed by atoms with Crippen LogP contribution in [0.5, 0.6) is 5.75 Å². The molecule has 1 spiro atoms. The molecule has 0 amide bonds. The summed E-state index contributed by atoms with van der Waals surface area (Å²) in [6.07, 6.45) is 7.06. The summed E-state index contributed by atoms with van der Waals surface area (Å²) in [6.45, 7) is 0.977. The zero-order chi connectivity index (χ0) is 12.6. The van der Waals surface area contributed by atoms with Crippen LogP contribution in [-0.2, 0) is 5.54 Å². The Morgan fingerprint density at radius 1 is 1.39 bits per heavy atom. The molecular formula is C14H15NO3. The molecule has 0 saturated carbocycles. The molecule has 1 saturated heterocycles. The van der Waals surface area contributed by atoms with Gasteiger partial charge >= 0.3 is 5.97 Å². The molecule has 1 aromatic carbocycles. The Balaban J connectivity index is 2.05. The van der Waals surface area contributed by atoms with Crippen molar-refractivity contribution in [3.05, 3.63) is 41.7 Å². The van der Waals surface area contributed by atoms with Crippen molar-refractivity contribution < 1.29 is 14.6 Å². The van der Waals surface area contributed by atoms with Crippen LogP contribution in [0.2, 0.25) is 0 Å². The lowest BCUT2D eigenvalue weighted by atomic mass is 9.80. The second kappa shape index (κ2) is 4.14. The first-order valence-corrected chi connectivity index (χ1v) is 6.18. The maximum absolute atomic E-state index is 11.0. The summed E-state index contributed by atoms with van der Waals surface area (Å²) in [5.74, 6) is -0.284. The molecule has 1 unspecified atom stereocenters. The van der Waals surface area contributed by atoms with Crippen LogP contribution < -0.4 is 10.1 Å². The summed E-state index contributed by atoms with van der Waals surface area (Å²) >= 11 is 0. The van der Waals surface area contributed by atoms with E-state index >= 15 is 0 Å². The van der Waals surface area contributed by atoms with E-state index in [0.29, 0.717) is 5.75 Å². The fraction of sp³-hybridized carbons (Fsp3) is 0.357. The Hall–Kier alpha value is -1.81. The number of benzene rings is 1. The number of carbonyl (C=O) groups is 1. The minimum atomic E-state index is -0.929. The van der Waals surface area contributed by atoms with Crippen molar-refractivity contribution in [2.45, 2.75) is 24.8 Å². The molecule has 3 rings (SSSR count).